The van der Waals surface area contributed by atoms with E-state index >= 15 is 0 Å². The molecule has 0 aliphatic heterocycles. The van der Waals surface area contributed by atoms with Gasteiger partial charge in [-0.2, -0.15) is 5.26 Å². The van der Waals surface area contributed by atoms with Crippen LogP contribution in [0, 0.1) is 25.2 Å². The predicted molar refractivity (Wildman–Crippen MR) is 96.6 cm³/mol. The first-order chi connectivity index (χ1) is 11.6. The number of amides is 1. The monoisotopic (exact) mass is 329 g/mol. The van der Waals surface area contributed by atoms with Crippen molar-refractivity contribution in [1.82, 2.24) is 5.32 Å². The summed E-state index contributed by atoms with van der Waals surface area (Å²) in [4.78, 5) is 12.0. The zero-order chi connectivity index (χ0) is 17.8. The number of nitrogens with zero attached hydrogens (tertiary/aromatic N) is 1. The summed E-state index contributed by atoms with van der Waals surface area (Å²) < 4.78 is 5.43. The molecule has 0 radical (unpaired) electrons. The number of unbranched alkanes of at least 4 members (excludes halogenated alkanes) is 1. The Labute approximate surface area is 144 Å². The van der Waals surface area contributed by atoms with Gasteiger partial charge >= 0.3 is 0 Å². The summed E-state index contributed by atoms with van der Waals surface area (Å²) in [6, 6.07) is 7.81. The smallest absolute Gasteiger partial charge is 0.263 e. The number of nitrogens with one attached hydrogen (secondary N) is 2. The SMILES string of the molecule is CCCCOCCCNC(=O)/C(C#N)=C\Nc1ccc(C)c(C)c1. The van der Waals surface area contributed by atoms with E-state index in [0.717, 1.165) is 37.1 Å². The zero-order valence-electron chi connectivity index (χ0n) is 14.8. The molecule has 1 aromatic rings. The second kappa shape index (κ2) is 11.3. The number of carbonyl (C=O) groups excluding carboxylic acids is 1. The minimum Gasteiger partial charge on any atom is -0.381 e. The molecule has 0 unspecified atom stereocenters. The molecule has 0 aromatic heterocycles. The average molecular weight is 329 g/mol. The first-order valence-corrected chi connectivity index (χ1v) is 8.38. The molecule has 5 heteroatoms. The Kier molecular flexibility index (Phi) is 9.25. The van der Waals surface area contributed by atoms with Crippen LogP contribution >= 0.6 is 0 Å². The molecule has 0 aliphatic carbocycles. The van der Waals surface area contributed by atoms with Crippen molar-refractivity contribution in [3.05, 3.63) is 41.1 Å². The van der Waals surface area contributed by atoms with E-state index in [9.17, 15) is 4.79 Å². The topological polar surface area (TPSA) is 74.1 Å². The normalized spacial score (nSPS) is 11.0. The highest BCUT2D eigenvalue weighted by molar-refractivity contribution is 5.97. The van der Waals surface area contributed by atoms with E-state index in [1.165, 1.54) is 11.8 Å². The number of nitriles is 1. The van der Waals surface area contributed by atoms with Crippen molar-refractivity contribution in [2.24, 2.45) is 0 Å². The van der Waals surface area contributed by atoms with Crippen molar-refractivity contribution >= 4 is 11.6 Å². The summed E-state index contributed by atoms with van der Waals surface area (Å²) in [5.74, 6) is -0.373. The van der Waals surface area contributed by atoms with E-state index in [-0.39, 0.29) is 11.5 Å². The number of benzene rings is 1. The van der Waals surface area contributed by atoms with Gasteiger partial charge in [0.2, 0.25) is 0 Å². The largest absolute Gasteiger partial charge is 0.381 e. The minimum absolute atomic E-state index is 0.0557. The Bertz CT molecular complexity index is 603. The Hall–Kier alpha value is -2.32. The highest BCUT2D eigenvalue weighted by atomic mass is 16.5. The van der Waals surface area contributed by atoms with Gasteiger partial charge in [-0.3, -0.25) is 4.79 Å². The number of anilines is 1. The van der Waals surface area contributed by atoms with E-state index in [1.807, 2.05) is 38.1 Å². The third-order valence-electron chi connectivity index (χ3n) is 3.65. The molecule has 5 nitrogen and oxygen atoms in total. The van der Waals surface area contributed by atoms with Crippen molar-refractivity contribution in [2.75, 3.05) is 25.1 Å². The molecular formula is C19H27N3O2. The highest BCUT2D eigenvalue weighted by Gasteiger charge is 2.07. The van der Waals surface area contributed by atoms with Crippen LogP contribution in [0.2, 0.25) is 0 Å². The molecule has 1 rings (SSSR count). The first-order valence-electron chi connectivity index (χ1n) is 8.38. The van der Waals surface area contributed by atoms with Crippen LogP contribution in [0.1, 0.15) is 37.3 Å². The van der Waals surface area contributed by atoms with Gasteiger partial charge in [0, 0.05) is 31.6 Å². The summed E-state index contributed by atoms with van der Waals surface area (Å²) in [5, 5.41) is 14.9. The molecule has 0 aliphatic rings. The van der Waals surface area contributed by atoms with Crippen molar-refractivity contribution in [3.8, 4) is 6.07 Å². The van der Waals surface area contributed by atoms with E-state index in [0.29, 0.717) is 13.2 Å². The highest BCUT2D eigenvalue weighted by Crippen LogP contribution is 2.14. The van der Waals surface area contributed by atoms with Crippen LogP contribution in [0.15, 0.2) is 30.0 Å². The summed E-state index contributed by atoms with van der Waals surface area (Å²) >= 11 is 0. The Morgan fingerprint density at radius 1 is 1.25 bits per heavy atom. The molecule has 0 spiro atoms. The van der Waals surface area contributed by atoms with E-state index < -0.39 is 0 Å². The number of carbonyl (C=O) groups is 1. The lowest BCUT2D eigenvalue weighted by Gasteiger charge is -2.07. The third-order valence-corrected chi connectivity index (χ3v) is 3.65. The Morgan fingerprint density at radius 2 is 2.00 bits per heavy atom. The fourth-order valence-corrected chi connectivity index (χ4v) is 1.96. The number of hydrogen-bond acceptors (Lipinski definition) is 4. The maximum atomic E-state index is 12.0. The maximum absolute atomic E-state index is 12.0. The Morgan fingerprint density at radius 3 is 2.67 bits per heavy atom. The molecule has 0 fully saturated rings. The van der Waals surface area contributed by atoms with E-state index in [4.69, 9.17) is 10.00 Å². The molecule has 0 heterocycles. The molecule has 1 aromatic carbocycles. The van der Waals surface area contributed by atoms with Gasteiger partial charge in [0.15, 0.2) is 0 Å². The standard InChI is InChI=1S/C19H27N3O2/c1-4-5-10-24-11-6-9-21-19(23)17(13-20)14-22-18-8-7-15(2)16(3)12-18/h7-8,12,14,22H,4-6,9-11H2,1-3H3,(H,21,23)/b17-14-. The maximum Gasteiger partial charge on any atom is 0.263 e. The zero-order valence-corrected chi connectivity index (χ0v) is 14.8. The number of rotatable bonds is 10. The van der Waals surface area contributed by atoms with Gasteiger partial charge in [0.05, 0.1) is 0 Å². The molecular weight excluding hydrogens is 302 g/mol. The molecule has 0 bridgehead atoms. The number of ether oxygens (including phenoxy) is 1. The molecule has 130 valence electrons. The van der Waals surface area contributed by atoms with Crippen molar-refractivity contribution in [1.29, 1.82) is 5.26 Å². The molecule has 1 amide bonds. The lowest BCUT2D eigenvalue weighted by atomic mass is 10.1. The fourth-order valence-electron chi connectivity index (χ4n) is 1.96. The van der Waals surface area contributed by atoms with Crippen LogP contribution < -0.4 is 10.6 Å². The summed E-state index contributed by atoms with van der Waals surface area (Å²) in [6.45, 7) is 8.04. The summed E-state index contributed by atoms with van der Waals surface area (Å²) in [5.41, 5.74) is 3.26. The quantitative estimate of drug-likeness (QED) is 0.392. The average Bonchev–Trinajstić information content (AvgIpc) is 2.57. The van der Waals surface area contributed by atoms with Gasteiger partial charge in [-0.05, 0) is 49.9 Å². The second-order valence-corrected chi connectivity index (χ2v) is 5.69. The molecule has 0 saturated heterocycles. The fraction of sp³-hybridized carbons (Fsp3) is 0.474. The van der Waals surface area contributed by atoms with Crippen LogP contribution in [-0.2, 0) is 9.53 Å². The molecule has 2 N–H and O–H groups in total. The summed E-state index contributed by atoms with van der Waals surface area (Å²) in [7, 11) is 0. The molecule has 0 atom stereocenters. The Balaban J connectivity index is 2.40. The van der Waals surface area contributed by atoms with Gasteiger partial charge in [0.25, 0.3) is 5.91 Å². The van der Waals surface area contributed by atoms with Gasteiger partial charge in [-0.15, -0.1) is 0 Å². The third kappa shape index (κ3) is 7.30. The van der Waals surface area contributed by atoms with Gasteiger partial charge < -0.3 is 15.4 Å². The van der Waals surface area contributed by atoms with Gasteiger partial charge in [0.1, 0.15) is 11.6 Å². The number of hydrogen-bond donors (Lipinski definition) is 2. The molecule has 24 heavy (non-hydrogen) atoms. The van der Waals surface area contributed by atoms with Crippen LogP contribution in [0.3, 0.4) is 0 Å². The van der Waals surface area contributed by atoms with Gasteiger partial charge in [-0.1, -0.05) is 19.4 Å². The van der Waals surface area contributed by atoms with Crippen LogP contribution in [0.25, 0.3) is 0 Å². The van der Waals surface area contributed by atoms with Gasteiger partial charge in [-0.25, -0.2) is 0 Å². The molecule has 0 saturated carbocycles. The number of aryl methyl sites for hydroxylation is 2. The van der Waals surface area contributed by atoms with Crippen molar-refractivity contribution < 1.29 is 9.53 Å². The first kappa shape index (κ1) is 19.7. The summed E-state index contributed by atoms with van der Waals surface area (Å²) in [6.07, 6.45) is 4.34. The minimum atomic E-state index is -0.373. The van der Waals surface area contributed by atoms with Crippen LogP contribution in [0.4, 0.5) is 5.69 Å². The lowest BCUT2D eigenvalue weighted by Crippen LogP contribution is -2.26. The second-order valence-electron chi connectivity index (χ2n) is 5.69. The van der Waals surface area contributed by atoms with E-state index in [2.05, 4.69) is 17.6 Å². The lowest BCUT2D eigenvalue weighted by molar-refractivity contribution is -0.117. The van der Waals surface area contributed by atoms with Crippen LogP contribution in [-0.4, -0.2) is 25.7 Å². The van der Waals surface area contributed by atoms with E-state index in [1.54, 1.807) is 0 Å². The van der Waals surface area contributed by atoms with Crippen molar-refractivity contribution in [3.63, 3.8) is 0 Å². The van der Waals surface area contributed by atoms with Crippen molar-refractivity contribution in [2.45, 2.75) is 40.0 Å². The van der Waals surface area contributed by atoms with Crippen LogP contribution in [0.5, 0.6) is 0 Å². The predicted octanol–water partition coefficient (Wildman–Crippen LogP) is 3.45.